The summed E-state index contributed by atoms with van der Waals surface area (Å²) in [5.41, 5.74) is 6.20. The van der Waals surface area contributed by atoms with E-state index in [1.165, 1.54) is 4.31 Å². The second-order valence-electron chi connectivity index (χ2n) is 4.86. The highest BCUT2D eigenvalue weighted by Crippen LogP contribution is 2.20. The first-order chi connectivity index (χ1) is 9.49. The molecule has 1 aromatic carbocycles. The van der Waals surface area contributed by atoms with Gasteiger partial charge in [-0.25, -0.2) is 8.42 Å². The molecule has 112 valence electrons. The molecule has 1 aliphatic heterocycles. The number of anilines is 1. The van der Waals surface area contributed by atoms with Gasteiger partial charge in [-0.05, 0) is 25.0 Å². The van der Waals surface area contributed by atoms with E-state index in [9.17, 15) is 13.5 Å². The lowest BCUT2D eigenvalue weighted by Gasteiger charge is -2.29. The van der Waals surface area contributed by atoms with Crippen LogP contribution in [0.2, 0.25) is 0 Å². The van der Waals surface area contributed by atoms with Crippen molar-refractivity contribution < 1.29 is 18.3 Å². The minimum absolute atomic E-state index is 0.0448. The molecular formula is C13H20N2O4S. The molecule has 7 heteroatoms. The maximum Gasteiger partial charge on any atom is 0.217 e. The molecule has 0 aliphatic carbocycles. The third-order valence-corrected chi connectivity index (χ3v) is 5.07. The maximum atomic E-state index is 12.1. The molecule has 3 N–H and O–H groups in total. The molecule has 0 spiro atoms. The second-order valence-corrected chi connectivity index (χ2v) is 6.94. The second kappa shape index (κ2) is 6.43. The van der Waals surface area contributed by atoms with E-state index < -0.39 is 16.1 Å². The minimum Gasteiger partial charge on any atom is -0.490 e. The number of nitrogen functional groups attached to an aromatic ring is 1. The predicted octanol–water partition coefficient (Wildman–Crippen LogP) is 0.434. The van der Waals surface area contributed by atoms with Crippen LogP contribution in [0.15, 0.2) is 24.3 Å². The normalized spacial score (nSPS) is 20.8. The molecule has 0 radical (unpaired) electrons. The van der Waals surface area contributed by atoms with Crippen LogP contribution in [0.5, 0.6) is 5.75 Å². The van der Waals surface area contributed by atoms with Crippen LogP contribution in [0.25, 0.3) is 0 Å². The fourth-order valence-corrected chi connectivity index (χ4v) is 3.53. The third kappa shape index (κ3) is 3.84. The fraction of sp³-hybridized carbons (Fsp3) is 0.538. The number of ether oxygens (including phenoxy) is 1. The van der Waals surface area contributed by atoms with Gasteiger partial charge in [0.25, 0.3) is 0 Å². The average molecular weight is 300 g/mol. The highest BCUT2D eigenvalue weighted by molar-refractivity contribution is 7.89. The van der Waals surface area contributed by atoms with Crippen molar-refractivity contribution in [2.24, 2.45) is 0 Å². The van der Waals surface area contributed by atoms with Crippen molar-refractivity contribution in [1.82, 2.24) is 4.31 Å². The smallest absolute Gasteiger partial charge is 0.217 e. The van der Waals surface area contributed by atoms with Gasteiger partial charge >= 0.3 is 0 Å². The Kier molecular flexibility index (Phi) is 4.85. The first kappa shape index (κ1) is 15.1. The summed E-state index contributed by atoms with van der Waals surface area (Å²) in [5, 5.41) is 9.53. The first-order valence-corrected chi connectivity index (χ1v) is 8.23. The highest BCUT2D eigenvalue weighted by atomic mass is 32.2. The Labute approximate surface area is 119 Å². The van der Waals surface area contributed by atoms with Crippen molar-refractivity contribution in [3.05, 3.63) is 24.3 Å². The van der Waals surface area contributed by atoms with Gasteiger partial charge in [-0.15, -0.1) is 0 Å². The number of nitrogens with zero attached hydrogens (tertiary/aromatic N) is 1. The van der Waals surface area contributed by atoms with Crippen LogP contribution in [-0.4, -0.2) is 49.4 Å². The Morgan fingerprint density at radius 2 is 2.15 bits per heavy atom. The topological polar surface area (TPSA) is 92.9 Å². The van der Waals surface area contributed by atoms with Crippen LogP contribution >= 0.6 is 0 Å². The molecule has 1 unspecified atom stereocenters. The van der Waals surface area contributed by atoms with Crippen LogP contribution in [0, 0.1) is 0 Å². The molecule has 1 saturated heterocycles. The lowest BCUT2D eigenvalue weighted by atomic mass is 10.1. The van der Waals surface area contributed by atoms with Crippen molar-refractivity contribution in [1.29, 1.82) is 0 Å². The molecule has 0 amide bonds. The molecule has 1 heterocycles. The van der Waals surface area contributed by atoms with Crippen molar-refractivity contribution in [2.75, 3.05) is 31.2 Å². The Balaban J connectivity index is 1.88. The maximum absolute atomic E-state index is 12.1. The monoisotopic (exact) mass is 300 g/mol. The number of benzene rings is 1. The SMILES string of the molecule is Nc1ccccc1OCCS(=O)(=O)N1CCCC(O)C1. The Morgan fingerprint density at radius 1 is 1.40 bits per heavy atom. The molecule has 0 bridgehead atoms. The van der Waals surface area contributed by atoms with Gasteiger partial charge in [-0.2, -0.15) is 4.31 Å². The van der Waals surface area contributed by atoms with Crippen molar-refractivity contribution in [3.63, 3.8) is 0 Å². The summed E-state index contributed by atoms with van der Waals surface area (Å²) in [4.78, 5) is 0. The predicted molar refractivity (Wildman–Crippen MR) is 77.0 cm³/mol. The molecule has 6 nitrogen and oxygen atoms in total. The summed E-state index contributed by atoms with van der Waals surface area (Å²) in [6, 6.07) is 6.96. The van der Waals surface area contributed by atoms with Crippen molar-refractivity contribution in [2.45, 2.75) is 18.9 Å². The molecule has 2 rings (SSSR count). The number of aliphatic hydroxyl groups is 1. The number of sulfonamides is 1. The number of aliphatic hydroxyl groups excluding tert-OH is 1. The number of β-amino-alcohol motifs (C(OH)–C–C–N with tert-alkyl or cyclic N) is 1. The largest absolute Gasteiger partial charge is 0.490 e. The fourth-order valence-electron chi connectivity index (χ4n) is 2.17. The summed E-state index contributed by atoms with van der Waals surface area (Å²) < 4.78 is 30.9. The van der Waals surface area contributed by atoms with E-state index in [4.69, 9.17) is 10.5 Å². The molecule has 0 saturated carbocycles. The van der Waals surface area contributed by atoms with Crippen molar-refractivity contribution in [3.8, 4) is 5.75 Å². The van der Waals surface area contributed by atoms with Crippen LogP contribution in [0.1, 0.15) is 12.8 Å². The van der Waals surface area contributed by atoms with Crippen LogP contribution in [0.4, 0.5) is 5.69 Å². The number of hydrogen-bond acceptors (Lipinski definition) is 5. The average Bonchev–Trinajstić information content (AvgIpc) is 2.41. The van der Waals surface area contributed by atoms with E-state index in [0.29, 0.717) is 30.8 Å². The van der Waals surface area contributed by atoms with Gasteiger partial charge in [0.2, 0.25) is 10.0 Å². The summed E-state index contributed by atoms with van der Waals surface area (Å²) in [6.07, 6.45) is 0.778. The van der Waals surface area contributed by atoms with Crippen molar-refractivity contribution >= 4 is 15.7 Å². The molecule has 1 fully saturated rings. The Hall–Kier alpha value is -1.31. The van der Waals surface area contributed by atoms with Crippen LogP contribution in [0.3, 0.4) is 0 Å². The lowest BCUT2D eigenvalue weighted by Crippen LogP contribution is -2.43. The summed E-state index contributed by atoms with van der Waals surface area (Å²) in [6.45, 7) is 0.686. The zero-order valence-corrected chi connectivity index (χ0v) is 12.1. The van der Waals surface area contributed by atoms with E-state index in [1.54, 1.807) is 24.3 Å². The Bertz CT molecular complexity index is 547. The van der Waals surface area contributed by atoms with Gasteiger partial charge in [0, 0.05) is 13.1 Å². The van der Waals surface area contributed by atoms with E-state index in [1.807, 2.05) is 0 Å². The van der Waals surface area contributed by atoms with Gasteiger partial charge in [-0.1, -0.05) is 12.1 Å². The zero-order chi connectivity index (χ0) is 14.6. The molecule has 1 aromatic rings. The summed E-state index contributed by atoms with van der Waals surface area (Å²) in [7, 11) is -3.39. The Morgan fingerprint density at radius 3 is 2.85 bits per heavy atom. The first-order valence-electron chi connectivity index (χ1n) is 6.62. The van der Waals surface area contributed by atoms with E-state index in [-0.39, 0.29) is 18.9 Å². The zero-order valence-electron chi connectivity index (χ0n) is 11.2. The van der Waals surface area contributed by atoms with Crippen LogP contribution < -0.4 is 10.5 Å². The third-order valence-electron chi connectivity index (χ3n) is 3.27. The summed E-state index contributed by atoms with van der Waals surface area (Å²) >= 11 is 0. The van der Waals surface area contributed by atoms with Gasteiger partial charge < -0.3 is 15.6 Å². The van der Waals surface area contributed by atoms with E-state index in [0.717, 1.165) is 0 Å². The van der Waals surface area contributed by atoms with E-state index in [2.05, 4.69) is 0 Å². The molecular weight excluding hydrogens is 280 g/mol. The highest BCUT2D eigenvalue weighted by Gasteiger charge is 2.27. The quantitative estimate of drug-likeness (QED) is 0.769. The number of piperidine rings is 1. The molecule has 1 aliphatic rings. The lowest BCUT2D eigenvalue weighted by molar-refractivity contribution is 0.108. The van der Waals surface area contributed by atoms with Gasteiger partial charge in [0.1, 0.15) is 12.4 Å². The molecule has 1 atom stereocenters. The molecule has 20 heavy (non-hydrogen) atoms. The van der Waals surface area contributed by atoms with E-state index >= 15 is 0 Å². The van der Waals surface area contributed by atoms with Gasteiger partial charge in [-0.3, -0.25) is 0 Å². The standard InChI is InChI=1S/C13H20N2O4S/c14-12-5-1-2-6-13(12)19-8-9-20(17,18)15-7-3-4-11(16)10-15/h1-2,5-6,11,16H,3-4,7-10,14H2. The summed E-state index contributed by atoms with van der Waals surface area (Å²) in [5.74, 6) is 0.370. The minimum atomic E-state index is -3.39. The number of para-hydroxylation sites is 2. The molecule has 0 aromatic heterocycles. The van der Waals surface area contributed by atoms with Gasteiger partial charge in [0.05, 0.1) is 17.5 Å². The number of rotatable bonds is 5. The van der Waals surface area contributed by atoms with Gasteiger partial charge in [0.15, 0.2) is 0 Å². The number of hydrogen-bond donors (Lipinski definition) is 2. The van der Waals surface area contributed by atoms with Crippen LogP contribution in [-0.2, 0) is 10.0 Å². The number of nitrogens with two attached hydrogens (primary N) is 1.